The van der Waals surface area contributed by atoms with Crippen molar-refractivity contribution in [2.75, 3.05) is 12.0 Å². The van der Waals surface area contributed by atoms with Crippen molar-refractivity contribution < 1.29 is 4.79 Å². The van der Waals surface area contributed by atoms with E-state index in [1.54, 1.807) is 29.7 Å². The number of hydrazine groups is 1. The highest BCUT2D eigenvalue weighted by molar-refractivity contribution is 7.09. The number of nitrogens with two attached hydrogens (primary N) is 1. The van der Waals surface area contributed by atoms with Crippen LogP contribution in [0.1, 0.15) is 15.2 Å². The van der Waals surface area contributed by atoms with Crippen molar-refractivity contribution in [1.82, 2.24) is 10.3 Å². The molecule has 0 aliphatic heterocycles. The van der Waals surface area contributed by atoms with E-state index in [2.05, 4.69) is 15.7 Å². The molecule has 0 atom stereocenters. The molecular weight excluding hydrogens is 248 g/mol. The van der Waals surface area contributed by atoms with Crippen LogP contribution in [0.2, 0.25) is 0 Å². The van der Waals surface area contributed by atoms with Crippen molar-refractivity contribution in [2.45, 2.75) is 6.42 Å². The van der Waals surface area contributed by atoms with Crippen LogP contribution in [-0.2, 0) is 6.42 Å². The lowest BCUT2D eigenvalue weighted by Crippen LogP contribution is -2.27. The number of nitrogen functional groups attached to an aromatic ring is 1. The van der Waals surface area contributed by atoms with Gasteiger partial charge in [0.2, 0.25) is 0 Å². The minimum absolute atomic E-state index is 0.174. The van der Waals surface area contributed by atoms with Gasteiger partial charge in [0, 0.05) is 17.6 Å². The van der Waals surface area contributed by atoms with Crippen molar-refractivity contribution in [2.24, 2.45) is 5.84 Å². The van der Waals surface area contributed by atoms with Gasteiger partial charge >= 0.3 is 0 Å². The zero-order valence-electron chi connectivity index (χ0n) is 9.72. The number of nitrogens with zero attached hydrogens (tertiary/aromatic N) is 1. The van der Waals surface area contributed by atoms with Crippen molar-refractivity contribution in [3.05, 3.63) is 46.3 Å². The molecule has 2 aromatic rings. The molecule has 0 aromatic carbocycles. The largest absolute Gasteiger partial charge is 0.352 e. The molecule has 0 fully saturated rings. The first-order valence-corrected chi connectivity index (χ1v) is 6.41. The van der Waals surface area contributed by atoms with Crippen molar-refractivity contribution >= 4 is 23.1 Å². The van der Waals surface area contributed by atoms with E-state index in [4.69, 9.17) is 5.84 Å². The van der Waals surface area contributed by atoms with E-state index in [0.717, 1.165) is 6.42 Å². The van der Waals surface area contributed by atoms with Gasteiger partial charge in [-0.25, -0.2) is 10.8 Å². The van der Waals surface area contributed by atoms with Gasteiger partial charge < -0.3 is 10.7 Å². The molecule has 18 heavy (non-hydrogen) atoms. The molecule has 2 rings (SSSR count). The number of hydrogen-bond donors (Lipinski definition) is 3. The second kappa shape index (κ2) is 6.13. The topological polar surface area (TPSA) is 80.0 Å². The molecule has 0 spiro atoms. The summed E-state index contributed by atoms with van der Waals surface area (Å²) in [4.78, 5) is 17.1. The maximum Gasteiger partial charge on any atom is 0.255 e. The number of hydrogen-bond acceptors (Lipinski definition) is 5. The number of aromatic nitrogens is 1. The van der Waals surface area contributed by atoms with E-state index in [0.29, 0.717) is 17.9 Å². The highest BCUT2D eigenvalue weighted by Gasteiger charge is 2.10. The molecular formula is C12H14N4OS. The first kappa shape index (κ1) is 12.5. The molecule has 6 heteroatoms. The lowest BCUT2D eigenvalue weighted by molar-refractivity contribution is 0.0954. The van der Waals surface area contributed by atoms with E-state index < -0.39 is 0 Å². The van der Waals surface area contributed by atoms with Gasteiger partial charge in [-0.3, -0.25) is 4.79 Å². The minimum Gasteiger partial charge on any atom is -0.352 e. The molecule has 4 N–H and O–H groups in total. The van der Waals surface area contributed by atoms with Crippen LogP contribution in [0.15, 0.2) is 35.8 Å². The highest BCUT2D eigenvalue weighted by Crippen LogP contribution is 2.10. The number of thiophene rings is 1. The second-order valence-electron chi connectivity index (χ2n) is 3.63. The summed E-state index contributed by atoms with van der Waals surface area (Å²) in [6, 6.07) is 7.44. The molecule has 0 unspecified atom stereocenters. The number of pyridine rings is 1. The maximum absolute atomic E-state index is 11.9. The van der Waals surface area contributed by atoms with Gasteiger partial charge in [-0.05, 0) is 30.0 Å². The van der Waals surface area contributed by atoms with Crippen LogP contribution >= 0.6 is 11.3 Å². The Labute approximate surface area is 109 Å². The Morgan fingerprint density at radius 2 is 2.28 bits per heavy atom. The van der Waals surface area contributed by atoms with Gasteiger partial charge in [-0.15, -0.1) is 11.3 Å². The molecule has 94 valence electrons. The summed E-state index contributed by atoms with van der Waals surface area (Å²) in [5.41, 5.74) is 2.86. The van der Waals surface area contributed by atoms with Crippen LogP contribution in [-0.4, -0.2) is 17.4 Å². The molecule has 0 saturated carbocycles. The fraction of sp³-hybridized carbons (Fsp3) is 0.167. The first-order valence-electron chi connectivity index (χ1n) is 5.53. The summed E-state index contributed by atoms with van der Waals surface area (Å²) in [7, 11) is 0. The van der Waals surface area contributed by atoms with Crippen LogP contribution in [0, 0.1) is 0 Å². The number of nitrogens with one attached hydrogen (secondary N) is 2. The van der Waals surface area contributed by atoms with Gasteiger partial charge in [0.1, 0.15) is 0 Å². The summed E-state index contributed by atoms with van der Waals surface area (Å²) in [5, 5.41) is 4.87. The lowest BCUT2D eigenvalue weighted by atomic mass is 10.2. The maximum atomic E-state index is 11.9. The first-order chi connectivity index (χ1) is 8.81. The monoisotopic (exact) mass is 262 g/mol. The Morgan fingerprint density at radius 1 is 1.39 bits per heavy atom. The van der Waals surface area contributed by atoms with Gasteiger partial charge in [-0.1, -0.05) is 6.07 Å². The lowest BCUT2D eigenvalue weighted by Gasteiger charge is -2.07. The highest BCUT2D eigenvalue weighted by atomic mass is 32.1. The standard InChI is InChI=1S/C12H14N4OS/c13-16-11-10(4-1-6-14-11)12(17)15-7-5-9-3-2-8-18-9/h1-4,6,8H,5,7,13H2,(H,14,16)(H,15,17). The number of carbonyl (C=O) groups is 1. The zero-order valence-corrected chi connectivity index (χ0v) is 10.5. The van der Waals surface area contributed by atoms with Crippen LogP contribution in [0.25, 0.3) is 0 Å². The molecule has 0 aliphatic rings. The Balaban J connectivity index is 1.91. The molecule has 0 bridgehead atoms. The van der Waals surface area contributed by atoms with Gasteiger partial charge in [0.15, 0.2) is 5.82 Å². The third-order valence-electron chi connectivity index (χ3n) is 2.43. The number of anilines is 1. The fourth-order valence-electron chi connectivity index (χ4n) is 1.55. The average molecular weight is 262 g/mol. The third kappa shape index (κ3) is 3.06. The molecule has 0 saturated heterocycles. The predicted octanol–water partition coefficient (Wildman–Crippen LogP) is 1.40. The van der Waals surface area contributed by atoms with Gasteiger partial charge in [0.25, 0.3) is 5.91 Å². The molecule has 5 nitrogen and oxygen atoms in total. The summed E-state index contributed by atoms with van der Waals surface area (Å²) >= 11 is 1.68. The third-order valence-corrected chi connectivity index (χ3v) is 3.36. The van der Waals surface area contributed by atoms with Crippen LogP contribution in [0.5, 0.6) is 0 Å². The minimum atomic E-state index is -0.174. The summed E-state index contributed by atoms with van der Waals surface area (Å²) < 4.78 is 0. The Bertz CT molecular complexity index is 513. The van der Waals surface area contributed by atoms with E-state index in [1.165, 1.54) is 4.88 Å². The van der Waals surface area contributed by atoms with Crippen molar-refractivity contribution in [3.63, 3.8) is 0 Å². The predicted molar refractivity (Wildman–Crippen MR) is 72.4 cm³/mol. The quantitative estimate of drug-likeness (QED) is 0.562. The summed E-state index contributed by atoms with van der Waals surface area (Å²) in [6.45, 7) is 0.595. The second-order valence-corrected chi connectivity index (χ2v) is 4.66. The van der Waals surface area contributed by atoms with E-state index >= 15 is 0 Å². The Morgan fingerprint density at radius 3 is 3.00 bits per heavy atom. The van der Waals surface area contributed by atoms with Crippen molar-refractivity contribution in [1.29, 1.82) is 0 Å². The van der Waals surface area contributed by atoms with Crippen molar-refractivity contribution in [3.8, 4) is 0 Å². The smallest absolute Gasteiger partial charge is 0.255 e. The number of rotatable bonds is 5. The fourth-order valence-corrected chi connectivity index (χ4v) is 2.26. The molecule has 0 radical (unpaired) electrons. The van der Waals surface area contributed by atoms with Crippen LogP contribution < -0.4 is 16.6 Å². The summed E-state index contributed by atoms with van der Waals surface area (Å²) in [5.74, 6) is 5.51. The Kier molecular flexibility index (Phi) is 4.27. The normalized spacial score (nSPS) is 10.1. The molecule has 2 aromatic heterocycles. The Hall–Kier alpha value is -1.92. The van der Waals surface area contributed by atoms with Gasteiger partial charge in [-0.2, -0.15) is 0 Å². The number of carbonyl (C=O) groups excluding carboxylic acids is 1. The number of amides is 1. The average Bonchev–Trinajstić information content (AvgIpc) is 2.91. The van der Waals surface area contributed by atoms with E-state index in [9.17, 15) is 4.79 Å². The van der Waals surface area contributed by atoms with E-state index in [-0.39, 0.29) is 5.91 Å². The SMILES string of the molecule is NNc1ncccc1C(=O)NCCc1cccs1. The van der Waals surface area contributed by atoms with Crippen LogP contribution in [0.4, 0.5) is 5.82 Å². The zero-order chi connectivity index (χ0) is 12.8. The summed E-state index contributed by atoms with van der Waals surface area (Å²) in [6.07, 6.45) is 2.41. The van der Waals surface area contributed by atoms with Gasteiger partial charge in [0.05, 0.1) is 5.56 Å². The van der Waals surface area contributed by atoms with Crippen LogP contribution in [0.3, 0.4) is 0 Å². The molecule has 0 aliphatic carbocycles. The van der Waals surface area contributed by atoms with E-state index in [1.807, 2.05) is 17.5 Å². The molecule has 1 amide bonds. The molecule has 2 heterocycles.